The number of likely N-dealkylation sites (tertiary alicyclic amines) is 1. The Morgan fingerprint density at radius 3 is 2.06 bits per heavy atom. The Kier molecular flexibility index (Phi) is 17.9. The van der Waals surface area contributed by atoms with Gasteiger partial charge in [-0.1, -0.05) is 0 Å². The van der Waals surface area contributed by atoms with E-state index in [1.807, 2.05) is 0 Å². The lowest BCUT2D eigenvalue weighted by Crippen LogP contribution is -2.56. The fraction of sp³-hybridized carbons (Fsp3) is 0.654. The fourth-order valence-corrected chi connectivity index (χ4v) is 3.76. The van der Waals surface area contributed by atoms with Crippen molar-refractivity contribution in [3.63, 3.8) is 0 Å². The van der Waals surface area contributed by atoms with Crippen molar-refractivity contribution in [2.45, 2.75) is 31.0 Å². The maximum absolute atomic E-state index is 12.9. The summed E-state index contributed by atoms with van der Waals surface area (Å²) in [4.78, 5) is 111. The third-order valence-electron chi connectivity index (χ3n) is 6.31. The van der Waals surface area contributed by atoms with Gasteiger partial charge in [0.2, 0.25) is 35.4 Å². The Balaban J connectivity index is 2.45. The minimum atomic E-state index is -1.50. The lowest BCUT2D eigenvalue weighted by Gasteiger charge is -2.26. The van der Waals surface area contributed by atoms with E-state index in [0.717, 1.165) is 7.11 Å². The fourth-order valence-electron chi connectivity index (χ4n) is 3.76. The van der Waals surface area contributed by atoms with Gasteiger partial charge >= 0.3 is 11.9 Å². The van der Waals surface area contributed by atoms with Gasteiger partial charge < -0.3 is 60.8 Å². The Morgan fingerprint density at radius 2 is 1.45 bits per heavy atom. The number of esters is 2. The molecule has 0 aromatic rings. The molecule has 47 heavy (non-hydrogen) atoms. The third kappa shape index (κ3) is 14.8. The summed E-state index contributed by atoms with van der Waals surface area (Å²) in [6.07, 6.45) is 0.640. The highest BCUT2D eigenvalue weighted by Gasteiger charge is 2.36. The molecule has 0 aromatic carbocycles. The average Bonchev–Trinajstić information content (AvgIpc) is 3.55. The normalized spacial score (nSPS) is 14.9. The number of carbonyl (C=O) groups is 9. The Labute approximate surface area is 269 Å². The Hall–Kier alpha value is -4.89. The molecular formula is C26H41N7O14. The molecule has 0 saturated carbocycles. The van der Waals surface area contributed by atoms with Crippen LogP contribution in [0.3, 0.4) is 0 Å². The second-order valence-electron chi connectivity index (χ2n) is 10.0. The maximum Gasteiger partial charge on any atom is 0.332 e. The predicted octanol–water partition coefficient (Wildman–Crippen LogP) is -6.90. The van der Waals surface area contributed by atoms with E-state index < -0.39 is 112 Å². The first-order valence-corrected chi connectivity index (χ1v) is 14.2. The van der Waals surface area contributed by atoms with E-state index in [-0.39, 0.29) is 25.5 Å². The molecule has 21 nitrogen and oxygen atoms in total. The number of aliphatic hydroxyl groups is 2. The molecule has 1 heterocycles. The Morgan fingerprint density at radius 1 is 0.809 bits per heavy atom. The van der Waals surface area contributed by atoms with Crippen LogP contribution < -0.4 is 26.6 Å². The molecule has 21 heteroatoms. The van der Waals surface area contributed by atoms with Crippen LogP contribution in [0.5, 0.6) is 0 Å². The van der Waals surface area contributed by atoms with E-state index in [4.69, 9.17) is 9.84 Å². The molecule has 0 bridgehead atoms. The molecule has 0 spiro atoms. The smallest absolute Gasteiger partial charge is 0.332 e. The monoisotopic (exact) mass is 675 g/mol. The number of methoxy groups -OCH3 is 1. The van der Waals surface area contributed by atoms with Crippen LogP contribution in [0.4, 0.5) is 0 Å². The van der Waals surface area contributed by atoms with Crippen LogP contribution in [0.2, 0.25) is 0 Å². The summed E-state index contributed by atoms with van der Waals surface area (Å²) in [6, 6.07) is -3.89. The van der Waals surface area contributed by atoms with Gasteiger partial charge in [-0.15, -0.1) is 0 Å². The van der Waals surface area contributed by atoms with Crippen molar-refractivity contribution in [1.82, 2.24) is 36.4 Å². The second kappa shape index (κ2) is 21.0. The zero-order valence-electron chi connectivity index (χ0n) is 26.2. The highest BCUT2D eigenvalue weighted by Crippen LogP contribution is 2.17. The van der Waals surface area contributed by atoms with Crippen LogP contribution in [0, 0.1) is 0 Å². The van der Waals surface area contributed by atoms with Crippen molar-refractivity contribution in [3.8, 4) is 0 Å². The number of likely N-dealkylation sites (N-methyl/N-ethyl adjacent to an activating group) is 1. The second-order valence-corrected chi connectivity index (χ2v) is 10.0. The van der Waals surface area contributed by atoms with Gasteiger partial charge in [0.1, 0.15) is 25.3 Å². The van der Waals surface area contributed by atoms with E-state index in [9.17, 15) is 48.3 Å². The number of nitrogens with one attached hydrogen (secondary N) is 5. The van der Waals surface area contributed by atoms with Crippen LogP contribution in [-0.2, 0) is 57.4 Å². The molecule has 0 aliphatic carbocycles. The van der Waals surface area contributed by atoms with Gasteiger partial charge in [-0.05, 0) is 12.8 Å². The number of rotatable bonds is 19. The minimum absolute atomic E-state index is 0.157. The number of hydrogen-bond donors (Lipinski definition) is 7. The van der Waals surface area contributed by atoms with Crippen LogP contribution in [0.1, 0.15) is 12.8 Å². The number of amides is 7. The first-order chi connectivity index (χ1) is 22.2. The van der Waals surface area contributed by atoms with Crippen LogP contribution in [0.15, 0.2) is 0 Å². The maximum atomic E-state index is 12.9. The number of ether oxygens (including phenoxy) is 3. The molecule has 2 unspecified atom stereocenters. The summed E-state index contributed by atoms with van der Waals surface area (Å²) >= 11 is 0. The van der Waals surface area contributed by atoms with Crippen LogP contribution in [0.25, 0.3) is 0 Å². The SMILES string of the molecule is COC(=O)C(CO)NC(=O)CNC(=O)C(CO)NC(=O)[C@@H]1CCCN1C(=O)CNC(=O)CNC(=O)COC(=O)COCC(=O)N(C)C. The molecule has 1 aliphatic rings. The molecule has 1 saturated heterocycles. The van der Waals surface area contributed by atoms with Gasteiger partial charge in [0.25, 0.3) is 5.91 Å². The van der Waals surface area contributed by atoms with E-state index >= 15 is 0 Å². The van der Waals surface area contributed by atoms with E-state index in [1.165, 1.54) is 23.9 Å². The first-order valence-electron chi connectivity index (χ1n) is 14.2. The summed E-state index contributed by atoms with van der Waals surface area (Å²) in [7, 11) is 4.06. The molecule has 1 fully saturated rings. The van der Waals surface area contributed by atoms with E-state index in [2.05, 4.69) is 36.1 Å². The molecule has 264 valence electrons. The summed E-state index contributed by atoms with van der Waals surface area (Å²) in [5, 5.41) is 29.8. The lowest BCUT2D eigenvalue weighted by atomic mass is 10.1. The summed E-state index contributed by atoms with van der Waals surface area (Å²) in [5.41, 5.74) is 0. The molecule has 1 rings (SSSR count). The topological polar surface area (TPSA) is 288 Å². The molecule has 3 atom stereocenters. The average molecular weight is 676 g/mol. The van der Waals surface area contributed by atoms with Crippen molar-refractivity contribution in [1.29, 1.82) is 0 Å². The van der Waals surface area contributed by atoms with Crippen molar-refractivity contribution in [2.24, 2.45) is 0 Å². The summed E-state index contributed by atoms with van der Waals surface area (Å²) in [6.45, 7) is -4.84. The van der Waals surface area contributed by atoms with Crippen LogP contribution in [-0.4, -0.2) is 172 Å². The molecule has 7 N–H and O–H groups in total. The highest BCUT2D eigenvalue weighted by atomic mass is 16.6. The number of nitrogens with zero attached hydrogens (tertiary/aromatic N) is 2. The number of carbonyl (C=O) groups excluding carboxylic acids is 9. The minimum Gasteiger partial charge on any atom is -0.467 e. The van der Waals surface area contributed by atoms with E-state index in [1.54, 1.807) is 0 Å². The van der Waals surface area contributed by atoms with Gasteiger partial charge in [-0.25, -0.2) is 9.59 Å². The molecule has 1 aliphatic heterocycles. The van der Waals surface area contributed by atoms with Crippen molar-refractivity contribution >= 4 is 53.3 Å². The molecule has 7 amide bonds. The molecular weight excluding hydrogens is 634 g/mol. The van der Waals surface area contributed by atoms with Gasteiger partial charge in [0.15, 0.2) is 12.6 Å². The summed E-state index contributed by atoms with van der Waals surface area (Å²) in [5.74, 6) is -7.01. The first kappa shape index (κ1) is 40.1. The number of hydrogen-bond acceptors (Lipinski definition) is 14. The standard InChI is InChI=1S/C26H41N7O14/c1-32(2)22(40)13-46-14-23(41)47-12-20(38)27-7-18(36)28-9-21(39)33-6-4-5-17(33)25(43)31-15(10-34)24(42)29-8-19(37)30-16(11-35)26(44)45-3/h15-17,34-35H,4-14H2,1-3H3,(H,27,38)(H,28,36)(H,29,42)(H,30,37)(H,31,43)/t15?,16?,17-/m0/s1. The van der Waals surface area contributed by atoms with Gasteiger partial charge in [-0.3, -0.25) is 33.6 Å². The zero-order chi connectivity index (χ0) is 35.5. The number of aliphatic hydroxyl groups excluding tert-OH is 2. The predicted molar refractivity (Wildman–Crippen MR) is 154 cm³/mol. The van der Waals surface area contributed by atoms with Crippen molar-refractivity contribution < 1.29 is 67.6 Å². The largest absolute Gasteiger partial charge is 0.467 e. The van der Waals surface area contributed by atoms with Crippen LogP contribution >= 0.6 is 0 Å². The lowest BCUT2D eigenvalue weighted by molar-refractivity contribution is -0.154. The Bertz CT molecular complexity index is 1160. The highest BCUT2D eigenvalue weighted by molar-refractivity contribution is 5.95. The summed E-state index contributed by atoms with van der Waals surface area (Å²) < 4.78 is 13.9. The van der Waals surface area contributed by atoms with Gasteiger partial charge in [0, 0.05) is 20.6 Å². The van der Waals surface area contributed by atoms with Crippen molar-refractivity contribution in [2.75, 3.05) is 80.4 Å². The van der Waals surface area contributed by atoms with E-state index in [0.29, 0.717) is 6.42 Å². The third-order valence-corrected chi connectivity index (χ3v) is 6.31. The van der Waals surface area contributed by atoms with Gasteiger partial charge in [0.05, 0.1) is 40.0 Å². The zero-order valence-corrected chi connectivity index (χ0v) is 26.2. The quantitative estimate of drug-likeness (QED) is 0.0627. The van der Waals surface area contributed by atoms with Crippen molar-refractivity contribution in [3.05, 3.63) is 0 Å². The molecule has 0 aromatic heterocycles. The van der Waals surface area contributed by atoms with Gasteiger partial charge in [-0.2, -0.15) is 0 Å². The molecule has 0 radical (unpaired) electrons.